The van der Waals surface area contributed by atoms with E-state index in [0.717, 1.165) is 25.3 Å². The second-order valence-electron chi connectivity index (χ2n) is 2.85. The maximum absolute atomic E-state index is 10.8. The topological polar surface area (TPSA) is 53.2 Å². The lowest BCUT2D eigenvalue weighted by atomic mass is 10.0. The third-order valence-electron chi connectivity index (χ3n) is 2.06. The van der Waals surface area contributed by atoms with Gasteiger partial charge in [-0.15, -0.1) is 0 Å². The molecule has 2 amide bonds. The Kier molecular flexibility index (Phi) is 1.54. The van der Waals surface area contributed by atoms with Crippen molar-refractivity contribution in [1.82, 2.24) is 16.0 Å². The lowest BCUT2D eigenvalue weighted by Gasteiger charge is -2.29. The first-order valence-corrected chi connectivity index (χ1v) is 3.82. The monoisotopic (exact) mass is 153 g/mol. The molecule has 3 N–H and O–H groups in total. The van der Waals surface area contributed by atoms with Crippen LogP contribution in [0, 0.1) is 5.92 Å². The SMILES string of the molecule is O=C1NCC2CNCC=C2N1. The summed E-state index contributed by atoms with van der Waals surface area (Å²) in [6.07, 6.45) is 2.03. The quantitative estimate of drug-likeness (QED) is 0.435. The third-order valence-corrected chi connectivity index (χ3v) is 2.06. The van der Waals surface area contributed by atoms with Gasteiger partial charge in [0.15, 0.2) is 0 Å². The Labute approximate surface area is 65.0 Å². The van der Waals surface area contributed by atoms with E-state index >= 15 is 0 Å². The van der Waals surface area contributed by atoms with Crippen molar-refractivity contribution in [3.8, 4) is 0 Å². The maximum Gasteiger partial charge on any atom is 0.319 e. The van der Waals surface area contributed by atoms with Crippen molar-refractivity contribution in [2.24, 2.45) is 5.92 Å². The Morgan fingerprint density at radius 2 is 2.36 bits per heavy atom. The summed E-state index contributed by atoms with van der Waals surface area (Å²) in [6, 6.07) is -0.0746. The Balaban J connectivity index is 2.13. The van der Waals surface area contributed by atoms with Crippen LogP contribution in [0.4, 0.5) is 4.79 Å². The summed E-state index contributed by atoms with van der Waals surface area (Å²) in [5, 5.41) is 8.77. The highest BCUT2D eigenvalue weighted by atomic mass is 16.2. The number of amides is 2. The molecule has 4 heteroatoms. The second kappa shape index (κ2) is 2.54. The van der Waals surface area contributed by atoms with E-state index in [9.17, 15) is 4.79 Å². The lowest BCUT2D eigenvalue weighted by molar-refractivity contribution is 0.234. The third kappa shape index (κ3) is 1.21. The van der Waals surface area contributed by atoms with Crippen LogP contribution in [0.3, 0.4) is 0 Å². The van der Waals surface area contributed by atoms with Gasteiger partial charge in [0.05, 0.1) is 0 Å². The van der Waals surface area contributed by atoms with Crippen LogP contribution < -0.4 is 16.0 Å². The van der Waals surface area contributed by atoms with Gasteiger partial charge in [0, 0.05) is 31.2 Å². The van der Waals surface area contributed by atoms with Crippen LogP contribution in [0.25, 0.3) is 0 Å². The molecule has 0 aliphatic carbocycles. The Hall–Kier alpha value is -1.03. The van der Waals surface area contributed by atoms with Gasteiger partial charge in [0.2, 0.25) is 0 Å². The van der Waals surface area contributed by atoms with Crippen LogP contribution in [0.1, 0.15) is 0 Å². The van der Waals surface area contributed by atoms with Crippen molar-refractivity contribution in [2.75, 3.05) is 19.6 Å². The molecule has 1 fully saturated rings. The minimum Gasteiger partial charge on any atom is -0.337 e. The van der Waals surface area contributed by atoms with Crippen LogP contribution >= 0.6 is 0 Å². The fourth-order valence-electron chi connectivity index (χ4n) is 1.44. The maximum atomic E-state index is 10.8. The van der Waals surface area contributed by atoms with Crippen LogP contribution in [0.15, 0.2) is 11.8 Å². The molecule has 2 aliphatic rings. The highest BCUT2D eigenvalue weighted by Gasteiger charge is 2.23. The number of hydrogen-bond acceptors (Lipinski definition) is 2. The molecule has 0 saturated carbocycles. The highest BCUT2D eigenvalue weighted by Crippen LogP contribution is 2.12. The predicted molar refractivity (Wildman–Crippen MR) is 41.0 cm³/mol. The van der Waals surface area contributed by atoms with E-state index in [1.807, 2.05) is 6.08 Å². The summed E-state index contributed by atoms with van der Waals surface area (Å²) in [5.74, 6) is 0.446. The summed E-state index contributed by atoms with van der Waals surface area (Å²) in [6.45, 7) is 2.58. The number of rotatable bonds is 0. The second-order valence-corrected chi connectivity index (χ2v) is 2.85. The van der Waals surface area contributed by atoms with Crippen molar-refractivity contribution < 1.29 is 4.79 Å². The Morgan fingerprint density at radius 3 is 3.27 bits per heavy atom. The molecular weight excluding hydrogens is 142 g/mol. The van der Waals surface area contributed by atoms with Gasteiger partial charge in [-0.25, -0.2) is 4.79 Å². The summed E-state index contributed by atoms with van der Waals surface area (Å²) in [5.41, 5.74) is 1.08. The zero-order chi connectivity index (χ0) is 7.68. The standard InChI is InChI=1S/C7H11N3O/c11-7-9-4-5-3-8-2-1-6(5)10-7/h1,5,8H,2-4H2,(H2,9,10,11). The molecule has 4 nitrogen and oxygen atoms in total. The van der Waals surface area contributed by atoms with Crippen molar-refractivity contribution >= 4 is 6.03 Å². The van der Waals surface area contributed by atoms with Crippen LogP contribution in [-0.4, -0.2) is 25.7 Å². The fourth-order valence-corrected chi connectivity index (χ4v) is 1.44. The zero-order valence-electron chi connectivity index (χ0n) is 6.18. The van der Waals surface area contributed by atoms with Gasteiger partial charge in [0.1, 0.15) is 0 Å². The Bertz CT molecular complexity index is 212. The first kappa shape index (κ1) is 6.67. The van der Waals surface area contributed by atoms with E-state index in [1.165, 1.54) is 0 Å². The average molecular weight is 153 g/mol. The van der Waals surface area contributed by atoms with E-state index < -0.39 is 0 Å². The molecule has 2 rings (SSSR count). The van der Waals surface area contributed by atoms with E-state index in [0.29, 0.717) is 5.92 Å². The summed E-state index contributed by atoms with van der Waals surface area (Å²) in [4.78, 5) is 10.8. The lowest BCUT2D eigenvalue weighted by Crippen LogP contribution is -2.51. The van der Waals surface area contributed by atoms with Gasteiger partial charge in [-0.3, -0.25) is 0 Å². The Morgan fingerprint density at radius 1 is 1.45 bits per heavy atom. The molecule has 0 spiro atoms. The summed E-state index contributed by atoms with van der Waals surface area (Å²) < 4.78 is 0. The minimum absolute atomic E-state index is 0.0746. The fraction of sp³-hybridized carbons (Fsp3) is 0.571. The van der Waals surface area contributed by atoms with Crippen molar-refractivity contribution in [3.63, 3.8) is 0 Å². The summed E-state index contributed by atoms with van der Waals surface area (Å²) in [7, 11) is 0. The van der Waals surface area contributed by atoms with Crippen LogP contribution in [0.2, 0.25) is 0 Å². The van der Waals surface area contributed by atoms with Crippen molar-refractivity contribution in [2.45, 2.75) is 0 Å². The van der Waals surface area contributed by atoms with Gasteiger partial charge in [0.25, 0.3) is 0 Å². The number of fused-ring (bicyclic) bond motifs is 1. The molecule has 2 heterocycles. The summed E-state index contributed by atoms with van der Waals surface area (Å²) >= 11 is 0. The molecule has 1 atom stereocenters. The first-order valence-electron chi connectivity index (χ1n) is 3.82. The van der Waals surface area contributed by atoms with Crippen LogP contribution in [-0.2, 0) is 0 Å². The molecule has 11 heavy (non-hydrogen) atoms. The van der Waals surface area contributed by atoms with E-state index in [1.54, 1.807) is 0 Å². The van der Waals surface area contributed by atoms with Gasteiger partial charge in [-0.2, -0.15) is 0 Å². The van der Waals surface area contributed by atoms with Gasteiger partial charge < -0.3 is 16.0 Å². The molecule has 0 aromatic rings. The van der Waals surface area contributed by atoms with Gasteiger partial charge >= 0.3 is 6.03 Å². The molecule has 0 bridgehead atoms. The zero-order valence-corrected chi connectivity index (χ0v) is 6.18. The average Bonchev–Trinajstić information content (AvgIpc) is 2.04. The van der Waals surface area contributed by atoms with Crippen LogP contribution in [0.5, 0.6) is 0 Å². The largest absolute Gasteiger partial charge is 0.337 e. The molecule has 0 radical (unpaired) electrons. The smallest absolute Gasteiger partial charge is 0.319 e. The number of urea groups is 1. The number of nitrogens with one attached hydrogen (secondary N) is 3. The molecule has 60 valence electrons. The molecule has 1 saturated heterocycles. The van der Waals surface area contributed by atoms with E-state index in [4.69, 9.17) is 0 Å². The number of carbonyl (C=O) groups excluding carboxylic acids is 1. The first-order chi connectivity index (χ1) is 5.36. The normalized spacial score (nSPS) is 29.6. The van der Waals surface area contributed by atoms with Gasteiger partial charge in [-0.1, -0.05) is 6.08 Å². The van der Waals surface area contributed by atoms with E-state index in [2.05, 4.69) is 16.0 Å². The van der Waals surface area contributed by atoms with Crippen molar-refractivity contribution in [3.05, 3.63) is 11.8 Å². The van der Waals surface area contributed by atoms with Gasteiger partial charge in [-0.05, 0) is 0 Å². The number of hydrogen-bond donors (Lipinski definition) is 3. The number of carbonyl (C=O) groups is 1. The molecule has 1 unspecified atom stereocenters. The predicted octanol–water partition coefficient (Wildman–Crippen LogP) is -0.598. The van der Waals surface area contributed by atoms with Crippen molar-refractivity contribution in [1.29, 1.82) is 0 Å². The molecule has 0 aromatic carbocycles. The molecular formula is C7H11N3O. The van der Waals surface area contributed by atoms with E-state index in [-0.39, 0.29) is 6.03 Å². The molecule has 0 aromatic heterocycles. The molecule has 2 aliphatic heterocycles. The highest BCUT2D eigenvalue weighted by molar-refractivity contribution is 5.77. The minimum atomic E-state index is -0.0746.